The highest BCUT2D eigenvalue weighted by Crippen LogP contribution is 2.22. The zero-order valence-electron chi connectivity index (χ0n) is 22.0. The lowest BCUT2D eigenvalue weighted by Crippen LogP contribution is -2.45. The molecule has 200 valence electrons. The summed E-state index contributed by atoms with van der Waals surface area (Å²) in [5, 5.41) is 5.66. The van der Waals surface area contributed by atoms with Crippen molar-refractivity contribution in [3.05, 3.63) is 34.9 Å². The van der Waals surface area contributed by atoms with E-state index in [1.165, 1.54) is 0 Å². The van der Waals surface area contributed by atoms with Gasteiger partial charge in [0.1, 0.15) is 18.9 Å². The molecule has 0 bridgehead atoms. The Morgan fingerprint density at radius 2 is 1.86 bits per heavy atom. The predicted octanol–water partition coefficient (Wildman–Crippen LogP) is 0.708. The number of likely N-dealkylation sites (N-methyl/N-ethyl adjacent to an activating group) is 1. The molecular weight excluding hydrogens is 498 g/mol. The second-order valence-corrected chi connectivity index (χ2v) is 9.88. The third-order valence-corrected chi connectivity index (χ3v) is 5.90. The number of imidazole rings is 1. The monoisotopic (exact) mass is 533 g/mol. The number of nitrogens with zero attached hydrogens (tertiary/aromatic N) is 5. The number of amides is 2. The molecule has 12 nitrogen and oxygen atoms in total. The number of nitrogens with two attached hydrogens (primary N) is 2. The Labute approximate surface area is 221 Å². The van der Waals surface area contributed by atoms with Crippen LogP contribution in [0.2, 0.25) is 5.15 Å². The number of benzene rings is 1. The maximum Gasteiger partial charge on any atom is 0.277 e. The first kappa shape index (κ1) is 27.9. The van der Waals surface area contributed by atoms with Crippen molar-refractivity contribution in [1.82, 2.24) is 25.2 Å². The first-order valence-corrected chi connectivity index (χ1v) is 12.4. The molecule has 3 aromatic rings. The van der Waals surface area contributed by atoms with E-state index in [0.29, 0.717) is 43.0 Å². The SMILES string of the molecule is CCn1c(CNC(=O)c2nc(Cl)c(N)nc2N)[n+](CC)c2ccc(OCCNC(=O)C[N+](C)(C)C)cc21. The number of fused-ring (bicyclic) bond motifs is 1. The van der Waals surface area contributed by atoms with Gasteiger partial charge in [-0.3, -0.25) is 9.59 Å². The van der Waals surface area contributed by atoms with Gasteiger partial charge >= 0.3 is 0 Å². The van der Waals surface area contributed by atoms with Crippen LogP contribution in [0, 0.1) is 0 Å². The van der Waals surface area contributed by atoms with Crippen LogP contribution in [0.4, 0.5) is 11.6 Å². The lowest BCUT2D eigenvalue weighted by atomic mass is 10.3. The number of ether oxygens (including phenoxy) is 1. The maximum absolute atomic E-state index is 12.8. The minimum absolute atomic E-state index is 0.0175. The van der Waals surface area contributed by atoms with Gasteiger partial charge in [0.15, 0.2) is 40.1 Å². The normalized spacial score (nSPS) is 11.5. The van der Waals surface area contributed by atoms with Crippen LogP contribution < -0.4 is 31.4 Å². The smallest absolute Gasteiger partial charge is 0.277 e. The van der Waals surface area contributed by atoms with Gasteiger partial charge in [-0.15, -0.1) is 0 Å². The summed E-state index contributed by atoms with van der Waals surface area (Å²) in [6.07, 6.45) is 0. The summed E-state index contributed by atoms with van der Waals surface area (Å²) in [7, 11) is 5.90. The van der Waals surface area contributed by atoms with Gasteiger partial charge in [0.2, 0.25) is 0 Å². The van der Waals surface area contributed by atoms with Crippen LogP contribution in [0.15, 0.2) is 18.2 Å². The van der Waals surface area contributed by atoms with Crippen LogP contribution in [-0.2, 0) is 24.4 Å². The summed E-state index contributed by atoms with van der Waals surface area (Å²) in [5.74, 6) is 0.949. The van der Waals surface area contributed by atoms with E-state index in [2.05, 4.69) is 29.7 Å². The Bertz CT molecular complexity index is 1300. The zero-order valence-corrected chi connectivity index (χ0v) is 22.7. The first-order valence-electron chi connectivity index (χ1n) is 12.1. The maximum atomic E-state index is 12.8. The summed E-state index contributed by atoms with van der Waals surface area (Å²) < 4.78 is 10.7. The average Bonchev–Trinajstić information content (AvgIpc) is 3.13. The third kappa shape index (κ3) is 6.77. The van der Waals surface area contributed by atoms with Crippen LogP contribution >= 0.6 is 11.6 Å². The zero-order chi connectivity index (χ0) is 27.3. The van der Waals surface area contributed by atoms with Crippen LogP contribution in [0.1, 0.15) is 30.2 Å². The van der Waals surface area contributed by atoms with E-state index in [-0.39, 0.29) is 34.9 Å². The number of carbonyl (C=O) groups excluding carboxylic acids is 2. The van der Waals surface area contributed by atoms with Gasteiger partial charge in [-0.1, -0.05) is 11.6 Å². The average molecular weight is 534 g/mol. The van der Waals surface area contributed by atoms with Crippen molar-refractivity contribution >= 4 is 46.1 Å². The quantitative estimate of drug-likeness (QED) is 0.161. The van der Waals surface area contributed by atoms with Gasteiger partial charge in [0, 0.05) is 6.07 Å². The lowest BCUT2D eigenvalue weighted by Gasteiger charge is -2.22. The Morgan fingerprint density at radius 1 is 1.14 bits per heavy atom. The molecule has 0 spiro atoms. The third-order valence-electron chi connectivity index (χ3n) is 5.62. The summed E-state index contributed by atoms with van der Waals surface area (Å²) in [6.45, 7) is 6.84. The van der Waals surface area contributed by atoms with E-state index < -0.39 is 5.91 Å². The molecule has 3 rings (SSSR count). The number of aromatic nitrogens is 4. The minimum Gasteiger partial charge on any atom is -0.492 e. The molecule has 6 N–H and O–H groups in total. The van der Waals surface area contributed by atoms with Gasteiger partial charge in [0.05, 0.1) is 40.8 Å². The number of nitrogens with one attached hydrogen (secondary N) is 2. The molecule has 0 saturated heterocycles. The molecule has 0 aliphatic rings. The number of rotatable bonds is 11. The van der Waals surface area contributed by atoms with Gasteiger partial charge in [-0.2, -0.15) is 0 Å². The fraction of sp³-hybridized carbons (Fsp3) is 0.458. The molecule has 13 heteroatoms. The summed E-state index contributed by atoms with van der Waals surface area (Å²) in [6, 6.07) is 5.86. The molecule has 0 fully saturated rings. The van der Waals surface area contributed by atoms with Crippen molar-refractivity contribution in [2.75, 3.05) is 52.3 Å². The van der Waals surface area contributed by atoms with Gasteiger partial charge in [-0.05, 0) is 26.0 Å². The molecule has 2 heterocycles. The minimum atomic E-state index is -0.501. The Hall–Kier alpha value is -3.64. The lowest BCUT2D eigenvalue weighted by molar-refractivity contribution is -0.862. The van der Waals surface area contributed by atoms with Crippen molar-refractivity contribution in [2.45, 2.75) is 33.5 Å². The molecule has 2 aromatic heterocycles. The summed E-state index contributed by atoms with van der Waals surface area (Å²) >= 11 is 5.92. The van der Waals surface area contributed by atoms with Crippen molar-refractivity contribution in [3.63, 3.8) is 0 Å². The number of nitrogen functional groups attached to an aromatic ring is 2. The largest absolute Gasteiger partial charge is 0.492 e. The number of halogens is 1. The van der Waals surface area contributed by atoms with E-state index in [1.54, 1.807) is 0 Å². The second kappa shape index (κ2) is 11.6. The molecule has 0 unspecified atom stereocenters. The molecule has 37 heavy (non-hydrogen) atoms. The van der Waals surface area contributed by atoms with Gasteiger partial charge in [0.25, 0.3) is 17.6 Å². The van der Waals surface area contributed by atoms with Gasteiger partial charge < -0.3 is 31.3 Å². The molecular formula is C24H36ClN9O3+2. The number of quaternary nitrogens is 1. The molecule has 0 saturated carbocycles. The number of aryl methyl sites for hydroxylation is 2. The van der Waals surface area contributed by atoms with Crippen LogP contribution in [0.5, 0.6) is 5.75 Å². The number of carbonyl (C=O) groups is 2. The van der Waals surface area contributed by atoms with Crippen molar-refractivity contribution in [2.24, 2.45) is 0 Å². The van der Waals surface area contributed by atoms with Crippen LogP contribution in [0.3, 0.4) is 0 Å². The van der Waals surface area contributed by atoms with E-state index in [1.807, 2.05) is 53.2 Å². The number of anilines is 2. The Kier molecular flexibility index (Phi) is 8.77. The molecule has 0 radical (unpaired) electrons. The second-order valence-electron chi connectivity index (χ2n) is 9.52. The van der Waals surface area contributed by atoms with E-state index >= 15 is 0 Å². The highest BCUT2D eigenvalue weighted by atomic mass is 35.5. The number of hydrogen-bond donors (Lipinski definition) is 4. The van der Waals surface area contributed by atoms with Crippen LogP contribution in [-0.4, -0.2) is 71.7 Å². The molecule has 0 aliphatic heterocycles. The topological polar surface area (TPSA) is 154 Å². The first-order chi connectivity index (χ1) is 17.4. The van der Waals surface area contributed by atoms with E-state index in [4.69, 9.17) is 27.8 Å². The standard InChI is InChI=1S/C24H34ClN9O3/c1-6-32-16-9-8-15(37-11-10-28-18(35)14-34(3,4)5)12-17(16)33(7-2)19(32)13-29-24(36)20-22(26)31-23(27)21(25)30-20/h8-9,12H,6-7,10-11,13-14H2,1-5H3,(H4-2,26,27,28,29,31,35,36)/p+2. The predicted molar refractivity (Wildman–Crippen MR) is 142 cm³/mol. The summed E-state index contributed by atoms with van der Waals surface area (Å²) in [4.78, 5) is 32.6. The molecule has 2 amide bonds. The Balaban J connectivity index is 1.75. The van der Waals surface area contributed by atoms with Crippen LogP contribution in [0.25, 0.3) is 11.0 Å². The highest BCUT2D eigenvalue weighted by Gasteiger charge is 2.25. The number of hydrogen-bond acceptors (Lipinski definition) is 7. The molecule has 0 atom stereocenters. The van der Waals surface area contributed by atoms with Gasteiger partial charge in [-0.25, -0.2) is 19.1 Å². The van der Waals surface area contributed by atoms with Crippen molar-refractivity contribution in [1.29, 1.82) is 0 Å². The molecule has 1 aromatic carbocycles. The molecule has 0 aliphatic carbocycles. The van der Waals surface area contributed by atoms with Crippen molar-refractivity contribution < 1.29 is 23.4 Å². The van der Waals surface area contributed by atoms with E-state index in [9.17, 15) is 9.59 Å². The summed E-state index contributed by atoms with van der Waals surface area (Å²) in [5.41, 5.74) is 13.3. The highest BCUT2D eigenvalue weighted by molar-refractivity contribution is 6.31. The van der Waals surface area contributed by atoms with Crippen molar-refractivity contribution in [3.8, 4) is 5.75 Å². The fourth-order valence-electron chi connectivity index (χ4n) is 4.06. The van der Waals surface area contributed by atoms with E-state index in [0.717, 1.165) is 16.9 Å². The fourth-order valence-corrected chi connectivity index (χ4v) is 4.18. The Morgan fingerprint density at radius 3 is 2.51 bits per heavy atom.